The number of para-hydroxylation sites is 2. The predicted octanol–water partition coefficient (Wildman–Crippen LogP) is 3.90. The summed E-state index contributed by atoms with van der Waals surface area (Å²) in [6.45, 7) is 5.27. The lowest BCUT2D eigenvalue weighted by atomic mass is 10.1. The van der Waals surface area contributed by atoms with E-state index in [0.717, 1.165) is 0 Å². The normalized spacial score (nSPS) is 16.2. The Morgan fingerprint density at radius 3 is 2.61 bits per heavy atom. The number of rotatable bonds is 5. The van der Waals surface area contributed by atoms with Crippen LogP contribution >= 0.6 is 0 Å². The Kier molecular flexibility index (Phi) is 6.87. The molecule has 9 nitrogen and oxygen atoms in total. The first-order valence-electron chi connectivity index (χ1n) is 11.0. The Balaban J connectivity index is 1.58. The molecule has 3 amide bonds. The molecule has 0 aliphatic carbocycles. The molecule has 1 aliphatic heterocycles. The fourth-order valence-corrected chi connectivity index (χ4v) is 3.87. The third-order valence-electron chi connectivity index (χ3n) is 5.42. The van der Waals surface area contributed by atoms with E-state index >= 15 is 0 Å². The van der Waals surface area contributed by atoms with Gasteiger partial charge in [0.1, 0.15) is 11.8 Å². The van der Waals surface area contributed by atoms with Gasteiger partial charge in [0.25, 0.3) is 11.8 Å². The molecular formula is C24H27N5O4. The van der Waals surface area contributed by atoms with Crippen LogP contribution in [0.2, 0.25) is 0 Å². The number of carbonyl (C=O) groups excluding carboxylic acids is 2. The van der Waals surface area contributed by atoms with E-state index < -0.39 is 6.04 Å². The predicted molar refractivity (Wildman–Crippen MR) is 122 cm³/mol. The lowest BCUT2D eigenvalue weighted by molar-refractivity contribution is 0.0641. The number of aromatic nitrogens is 2. The van der Waals surface area contributed by atoms with Gasteiger partial charge in [-0.05, 0) is 44.5 Å². The SMILES string of the molecule is CCOc1ccccc1NC(=O)N1CCCN(C(=O)c2ccccc2)C(c2nc(C)no2)C1. The Labute approximate surface area is 192 Å². The van der Waals surface area contributed by atoms with Crippen molar-refractivity contribution in [2.75, 3.05) is 31.6 Å². The summed E-state index contributed by atoms with van der Waals surface area (Å²) >= 11 is 0. The molecule has 0 radical (unpaired) electrons. The molecule has 1 aromatic heterocycles. The molecule has 0 spiro atoms. The van der Waals surface area contributed by atoms with Gasteiger partial charge in [-0.25, -0.2) is 4.79 Å². The number of carbonyl (C=O) groups is 2. The monoisotopic (exact) mass is 449 g/mol. The highest BCUT2D eigenvalue weighted by atomic mass is 16.5. The first-order valence-corrected chi connectivity index (χ1v) is 11.0. The molecule has 1 unspecified atom stereocenters. The van der Waals surface area contributed by atoms with Crippen LogP contribution in [-0.2, 0) is 0 Å². The average molecular weight is 450 g/mol. The smallest absolute Gasteiger partial charge is 0.322 e. The molecule has 1 fully saturated rings. The van der Waals surface area contributed by atoms with Crippen LogP contribution < -0.4 is 10.1 Å². The van der Waals surface area contributed by atoms with Gasteiger partial charge in [0.15, 0.2) is 5.82 Å². The van der Waals surface area contributed by atoms with E-state index in [9.17, 15) is 9.59 Å². The molecule has 2 heterocycles. The van der Waals surface area contributed by atoms with E-state index in [0.29, 0.717) is 54.8 Å². The molecular weight excluding hydrogens is 422 g/mol. The maximum atomic E-state index is 13.3. The molecule has 4 rings (SSSR count). The molecule has 1 atom stereocenters. The second kappa shape index (κ2) is 10.2. The van der Waals surface area contributed by atoms with Crippen molar-refractivity contribution < 1.29 is 18.8 Å². The number of urea groups is 1. The van der Waals surface area contributed by atoms with Crippen LogP contribution in [0.3, 0.4) is 0 Å². The number of amides is 3. The van der Waals surface area contributed by atoms with Crippen LogP contribution in [0.1, 0.15) is 41.5 Å². The highest BCUT2D eigenvalue weighted by Gasteiger charge is 2.35. The van der Waals surface area contributed by atoms with Crippen LogP contribution in [0, 0.1) is 6.92 Å². The number of aryl methyl sites for hydroxylation is 1. The maximum Gasteiger partial charge on any atom is 0.322 e. The summed E-state index contributed by atoms with van der Waals surface area (Å²) in [7, 11) is 0. The number of nitrogens with zero attached hydrogens (tertiary/aromatic N) is 4. The van der Waals surface area contributed by atoms with Gasteiger partial charge in [-0.2, -0.15) is 4.98 Å². The first-order chi connectivity index (χ1) is 16.1. The van der Waals surface area contributed by atoms with Crippen molar-refractivity contribution >= 4 is 17.6 Å². The van der Waals surface area contributed by atoms with Crippen molar-refractivity contribution in [2.24, 2.45) is 0 Å². The van der Waals surface area contributed by atoms with Gasteiger partial charge in [0, 0.05) is 18.7 Å². The maximum absolute atomic E-state index is 13.3. The molecule has 0 saturated carbocycles. The van der Waals surface area contributed by atoms with Crippen LogP contribution in [-0.4, -0.2) is 58.1 Å². The van der Waals surface area contributed by atoms with E-state index in [-0.39, 0.29) is 18.5 Å². The van der Waals surface area contributed by atoms with Gasteiger partial charge >= 0.3 is 6.03 Å². The molecule has 9 heteroatoms. The van der Waals surface area contributed by atoms with Crippen molar-refractivity contribution in [3.05, 3.63) is 71.9 Å². The third-order valence-corrected chi connectivity index (χ3v) is 5.42. The Morgan fingerprint density at radius 2 is 1.88 bits per heavy atom. The summed E-state index contributed by atoms with van der Waals surface area (Å²) in [6, 6.07) is 15.5. The summed E-state index contributed by atoms with van der Waals surface area (Å²) < 4.78 is 11.1. The molecule has 1 aliphatic rings. The van der Waals surface area contributed by atoms with E-state index in [1.54, 1.807) is 34.9 Å². The van der Waals surface area contributed by atoms with Crippen molar-refractivity contribution in [3.8, 4) is 5.75 Å². The van der Waals surface area contributed by atoms with Gasteiger partial charge in [0.2, 0.25) is 0 Å². The first kappa shape index (κ1) is 22.3. The third kappa shape index (κ3) is 5.14. The van der Waals surface area contributed by atoms with Crippen molar-refractivity contribution in [1.82, 2.24) is 19.9 Å². The molecule has 2 aromatic carbocycles. The zero-order chi connectivity index (χ0) is 23.2. The Bertz CT molecular complexity index is 1100. The van der Waals surface area contributed by atoms with Crippen molar-refractivity contribution in [2.45, 2.75) is 26.3 Å². The van der Waals surface area contributed by atoms with Crippen LogP contribution in [0.25, 0.3) is 0 Å². The molecule has 0 bridgehead atoms. The summed E-state index contributed by atoms with van der Waals surface area (Å²) in [5.74, 6) is 1.25. The fraction of sp³-hybridized carbons (Fsp3) is 0.333. The number of hydrogen-bond donors (Lipinski definition) is 1. The quantitative estimate of drug-likeness (QED) is 0.634. The van der Waals surface area contributed by atoms with Gasteiger partial charge in [-0.15, -0.1) is 0 Å². The second-order valence-corrected chi connectivity index (χ2v) is 7.72. The van der Waals surface area contributed by atoms with E-state index in [2.05, 4.69) is 15.5 Å². The highest BCUT2D eigenvalue weighted by Crippen LogP contribution is 2.28. The van der Waals surface area contributed by atoms with Crippen LogP contribution in [0.5, 0.6) is 5.75 Å². The van der Waals surface area contributed by atoms with Crippen LogP contribution in [0.15, 0.2) is 59.1 Å². The topological polar surface area (TPSA) is 101 Å². The summed E-state index contributed by atoms with van der Waals surface area (Å²) in [5, 5.41) is 6.84. The standard InChI is InChI=1S/C24H27N5O4/c1-3-32-21-13-8-7-12-19(21)26-24(31)28-14-9-15-29(23(30)18-10-5-4-6-11-18)20(16-28)22-25-17(2)27-33-22/h4-8,10-13,20H,3,9,14-16H2,1-2H3,(H,26,31). The van der Waals surface area contributed by atoms with Crippen molar-refractivity contribution in [1.29, 1.82) is 0 Å². The minimum Gasteiger partial charge on any atom is -0.492 e. The zero-order valence-corrected chi connectivity index (χ0v) is 18.7. The number of nitrogens with one attached hydrogen (secondary N) is 1. The molecule has 172 valence electrons. The van der Waals surface area contributed by atoms with E-state index in [1.165, 1.54) is 0 Å². The fourth-order valence-electron chi connectivity index (χ4n) is 3.87. The molecule has 1 saturated heterocycles. The average Bonchev–Trinajstić information content (AvgIpc) is 3.14. The van der Waals surface area contributed by atoms with Gasteiger partial charge in [0.05, 0.1) is 18.8 Å². The molecule has 3 aromatic rings. The Hall–Kier alpha value is -3.88. The highest BCUT2D eigenvalue weighted by molar-refractivity contribution is 5.95. The van der Waals surface area contributed by atoms with Crippen LogP contribution in [0.4, 0.5) is 10.5 Å². The van der Waals surface area contributed by atoms with Gasteiger partial charge in [-0.3, -0.25) is 4.79 Å². The Morgan fingerprint density at radius 1 is 1.12 bits per heavy atom. The number of hydrogen-bond acceptors (Lipinski definition) is 6. The number of ether oxygens (including phenoxy) is 1. The summed E-state index contributed by atoms with van der Waals surface area (Å²) in [5.41, 5.74) is 1.17. The summed E-state index contributed by atoms with van der Waals surface area (Å²) in [6.07, 6.45) is 0.614. The van der Waals surface area contributed by atoms with E-state index in [4.69, 9.17) is 9.26 Å². The number of benzene rings is 2. The van der Waals surface area contributed by atoms with Gasteiger partial charge < -0.3 is 24.4 Å². The van der Waals surface area contributed by atoms with Crippen molar-refractivity contribution in [3.63, 3.8) is 0 Å². The lowest BCUT2D eigenvalue weighted by Gasteiger charge is -2.29. The minimum absolute atomic E-state index is 0.139. The van der Waals surface area contributed by atoms with Gasteiger partial charge in [-0.1, -0.05) is 35.5 Å². The second-order valence-electron chi connectivity index (χ2n) is 7.72. The lowest BCUT2D eigenvalue weighted by Crippen LogP contribution is -2.41. The largest absolute Gasteiger partial charge is 0.492 e. The minimum atomic E-state index is -0.561. The zero-order valence-electron chi connectivity index (χ0n) is 18.7. The molecule has 33 heavy (non-hydrogen) atoms. The number of anilines is 1. The summed E-state index contributed by atoms with van der Waals surface area (Å²) in [4.78, 5) is 34.3. The molecule has 1 N–H and O–H groups in total. The van der Waals surface area contributed by atoms with E-state index in [1.807, 2.05) is 43.3 Å².